The second-order valence-corrected chi connectivity index (χ2v) is 5.68. The molecule has 1 aliphatic rings. The van der Waals surface area contributed by atoms with E-state index in [0.717, 1.165) is 11.8 Å². The van der Waals surface area contributed by atoms with E-state index in [0.29, 0.717) is 6.04 Å². The zero-order valence-electron chi connectivity index (χ0n) is 11.8. The standard InChI is InChI=1S/C15H30N2/c1-4-5-6-7-14-10-8-12(2)9-11-15(14)17-13(3)16/h9,11-15,17H,4-8,10,16H2,1-3H3. The first kappa shape index (κ1) is 14.7. The number of hydrogen-bond acceptors (Lipinski definition) is 2. The minimum Gasteiger partial charge on any atom is -0.316 e. The normalized spacial score (nSPS) is 31.2. The van der Waals surface area contributed by atoms with Crippen LogP contribution in [0.15, 0.2) is 12.2 Å². The van der Waals surface area contributed by atoms with Gasteiger partial charge in [-0.1, -0.05) is 45.3 Å². The van der Waals surface area contributed by atoms with E-state index in [2.05, 4.69) is 31.3 Å². The molecule has 4 atom stereocenters. The Balaban J connectivity index is 2.52. The summed E-state index contributed by atoms with van der Waals surface area (Å²) in [5, 5.41) is 3.51. The van der Waals surface area contributed by atoms with E-state index in [1.54, 1.807) is 0 Å². The summed E-state index contributed by atoms with van der Waals surface area (Å²) >= 11 is 0. The summed E-state index contributed by atoms with van der Waals surface area (Å²) in [5.41, 5.74) is 5.88. The predicted molar refractivity (Wildman–Crippen MR) is 75.7 cm³/mol. The second kappa shape index (κ2) is 7.88. The number of nitrogens with two attached hydrogens (primary N) is 1. The van der Waals surface area contributed by atoms with E-state index < -0.39 is 0 Å². The molecule has 2 nitrogen and oxygen atoms in total. The maximum absolute atomic E-state index is 5.88. The maximum atomic E-state index is 5.88. The van der Waals surface area contributed by atoms with Crippen molar-refractivity contribution >= 4 is 0 Å². The Morgan fingerprint density at radius 2 is 2.06 bits per heavy atom. The fourth-order valence-corrected chi connectivity index (χ4v) is 2.69. The van der Waals surface area contributed by atoms with Crippen LogP contribution in [0, 0.1) is 11.8 Å². The summed E-state index contributed by atoms with van der Waals surface area (Å²) in [4.78, 5) is 0. The van der Waals surface area contributed by atoms with Gasteiger partial charge in [-0.05, 0) is 38.0 Å². The number of allylic oxidation sites excluding steroid dienone is 1. The summed E-state index contributed by atoms with van der Waals surface area (Å²) in [6.45, 7) is 6.62. The number of rotatable bonds is 6. The third kappa shape index (κ3) is 5.69. The maximum Gasteiger partial charge on any atom is 0.0521 e. The number of hydrogen-bond donors (Lipinski definition) is 2. The molecule has 0 aliphatic heterocycles. The van der Waals surface area contributed by atoms with Crippen LogP contribution in [-0.4, -0.2) is 12.2 Å². The van der Waals surface area contributed by atoms with Crippen LogP contribution < -0.4 is 11.1 Å². The average molecular weight is 238 g/mol. The average Bonchev–Trinajstić information content (AvgIpc) is 2.43. The fourth-order valence-electron chi connectivity index (χ4n) is 2.69. The van der Waals surface area contributed by atoms with Gasteiger partial charge in [-0.2, -0.15) is 0 Å². The number of nitrogens with one attached hydrogen (secondary N) is 1. The van der Waals surface area contributed by atoms with Crippen molar-refractivity contribution in [3.63, 3.8) is 0 Å². The first-order chi connectivity index (χ1) is 8.13. The van der Waals surface area contributed by atoms with E-state index in [4.69, 9.17) is 5.73 Å². The van der Waals surface area contributed by atoms with Crippen LogP contribution in [0.25, 0.3) is 0 Å². The molecule has 0 amide bonds. The molecule has 1 aliphatic carbocycles. The van der Waals surface area contributed by atoms with Gasteiger partial charge in [0, 0.05) is 6.04 Å². The minimum absolute atomic E-state index is 0.0896. The minimum atomic E-state index is 0.0896. The van der Waals surface area contributed by atoms with Crippen LogP contribution in [0.1, 0.15) is 59.3 Å². The van der Waals surface area contributed by atoms with Crippen molar-refractivity contribution in [2.24, 2.45) is 17.6 Å². The molecule has 2 heteroatoms. The summed E-state index contributed by atoms with van der Waals surface area (Å²) in [7, 11) is 0. The van der Waals surface area contributed by atoms with Gasteiger partial charge in [0.15, 0.2) is 0 Å². The third-order valence-electron chi connectivity index (χ3n) is 3.78. The van der Waals surface area contributed by atoms with Crippen LogP contribution in [0.2, 0.25) is 0 Å². The fraction of sp³-hybridized carbons (Fsp3) is 0.867. The summed E-state index contributed by atoms with van der Waals surface area (Å²) < 4.78 is 0. The van der Waals surface area contributed by atoms with E-state index in [1.165, 1.54) is 38.5 Å². The lowest BCUT2D eigenvalue weighted by Crippen LogP contribution is -2.44. The molecule has 0 saturated carbocycles. The summed E-state index contributed by atoms with van der Waals surface area (Å²) in [5.74, 6) is 1.50. The molecule has 0 heterocycles. The monoisotopic (exact) mass is 238 g/mol. The quantitative estimate of drug-likeness (QED) is 0.423. The first-order valence-corrected chi connectivity index (χ1v) is 7.33. The van der Waals surface area contributed by atoms with Crippen molar-refractivity contribution < 1.29 is 0 Å². The zero-order valence-corrected chi connectivity index (χ0v) is 11.8. The van der Waals surface area contributed by atoms with E-state index in [-0.39, 0.29) is 6.17 Å². The lowest BCUT2D eigenvalue weighted by Gasteiger charge is -2.26. The smallest absolute Gasteiger partial charge is 0.0521 e. The van der Waals surface area contributed by atoms with Gasteiger partial charge in [0.25, 0.3) is 0 Å². The molecule has 100 valence electrons. The Bertz CT molecular complexity index is 223. The predicted octanol–water partition coefficient (Wildman–Crippen LogP) is 3.43. The highest BCUT2D eigenvalue weighted by molar-refractivity contribution is 5.02. The van der Waals surface area contributed by atoms with Crippen molar-refractivity contribution in [2.45, 2.75) is 71.5 Å². The largest absolute Gasteiger partial charge is 0.316 e. The Labute approximate surface area is 107 Å². The van der Waals surface area contributed by atoms with Gasteiger partial charge in [0.1, 0.15) is 0 Å². The molecule has 17 heavy (non-hydrogen) atoms. The van der Waals surface area contributed by atoms with E-state index in [9.17, 15) is 0 Å². The summed E-state index contributed by atoms with van der Waals surface area (Å²) in [6.07, 6.45) is 12.8. The highest BCUT2D eigenvalue weighted by atomic mass is 15.0. The lowest BCUT2D eigenvalue weighted by atomic mass is 9.89. The van der Waals surface area contributed by atoms with Gasteiger partial charge in [-0.15, -0.1) is 0 Å². The highest BCUT2D eigenvalue weighted by Crippen LogP contribution is 2.26. The Hall–Kier alpha value is -0.340. The molecule has 3 N–H and O–H groups in total. The van der Waals surface area contributed by atoms with Gasteiger partial charge in [-0.3, -0.25) is 5.32 Å². The lowest BCUT2D eigenvalue weighted by molar-refractivity contribution is 0.323. The highest BCUT2D eigenvalue weighted by Gasteiger charge is 2.22. The molecule has 0 aromatic carbocycles. The van der Waals surface area contributed by atoms with Gasteiger partial charge in [-0.25, -0.2) is 0 Å². The topological polar surface area (TPSA) is 38.0 Å². The summed E-state index contributed by atoms with van der Waals surface area (Å²) in [6, 6.07) is 0.483. The molecule has 0 fully saturated rings. The number of unbranched alkanes of at least 4 members (excludes halogenated alkanes) is 2. The van der Waals surface area contributed by atoms with Crippen molar-refractivity contribution in [3.8, 4) is 0 Å². The second-order valence-electron chi connectivity index (χ2n) is 5.68. The van der Waals surface area contributed by atoms with Crippen LogP contribution in [-0.2, 0) is 0 Å². The van der Waals surface area contributed by atoms with Crippen molar-refractivity contribution in [2.75, 3.05) is 0 Å². The molecule has 0 aromatic rings. The molecule has 0 bridgehead atoms. The van der Waals surface area contributed by atoms with Gasteiger partial charge in [0.2, 0.25) is 0 Å². The Kier molecular flexibility index (Phi) is 6.83. The molecule has 0 radical (unpaired) electrons. The van der Waals surface area contributed by atoms with Crippen LogP contribution in [0.3, 0.4) is 0 Å². The van der Waals surface area contributed by atoms with E-state index >= 15 is 0 Å². The molecule has 4 unspecified atom stereocenters. The first-order valence-electron chi connectivity index (χ1n) is 7.33. The molecule has 0 spiro atoms. The van der Waals surface area contributed by atoms with E-state index in [1.807, 2.05) is 6.92 Å². The third-order valence-corrected chi connectivity index (χ3v) is 3.78. The van der Waals surface area contributed by atoms with Crippen LogP contribution in [0.4, 0.5) is 0 Å². The van der Waals surface area contributed by atoms with Gasteiger partial charge >= 0.3 is 0 Å². The molecular formula is C15H30N2. The zero-order chi connectivity index (χ0) is 12.7. The molecule has 1 rings (SSSR count). The molecule has 0 aromatic heterocycles. The van der Waals surface area contributed by atoms with Gasteiger partial charge < -0.3 is 5.73 Å². The SMILES string of the molecule is CCCCCC1CCC(C)C=CC1NC(C)N. The van der Waals surface area contributed by atoms with Crippen LogP contribution >= 0.6 is 0 Å². The van der Waals surface area contributed by atoms with Crippen molar-refractivity contribution in [1.29, 1.82) is 0 Å². The van der Waals surface area contributed by atoms with Crippen molar-refractivity contribution in [1.82, 2.24) is 5.32 Å². The molecular weight excluding hydrogens is 208 g/mol. The van der Waals surface area contributed by atoms with Gasteiger partial charge in [0.05, 0.1) is 6.17 Å². The Morgan fingerprint density at radius 1 is 1.29 bits per heavy atom. The van der Waals surface area contributed by atoms with Crippen molar-refractivity contribution in [3.05, 3.63) is 12.2 Å². The van der Waals surface area contributed by atoms with Crippen LogP contribution in [0.5, 0.6) is 0 Å². The molecule has 0 saturated heterocycles. The Morgan fingerprint density at radius 3 is 2.71 bits per heavy atom.